The second-order valence-corrected chi connectivity index (χ2v) is 8.21. The molecule has 0 spiro atoms. The highest BCUT2D eigenvalue weighted by molar-refractivity contribution is 4.65. The van der Waals surface area contributed by atoms with Gasteiger partial charge in [0.25, 0.3) is 0 Å². The maximum atomic E-state index is 5.42. The number of nitrogens with zero attached hydrogens (tertiary/aromatic N) is 1. The van der Waals surface area contributed by atoms with Crippen molar-refractivity contribution in [1.82, 2.24) is 0 Å². The summed E-state index contributed by atoms with van der Waals surface area (Å²) in [6, 6.07) is 0. The number of unbranched alkanes of at least 4 members (excludes halogenated alkanes) is 10. The average Bonchev–Trinajstić information content (AvgIpc) is 2.46. The summed E-state index contributed by atoms with van der Waals surface area (Å²) in [6.07, 6.45) is 19.1. The normalized spacial score (nSPS) is 17.3. The van der Waals surface area contributed by atoms with Crippen LogP contribution in [0.2, 0.25) is 0 Å². The molecular weight excluding hydrogens is 282 g/mol. The lowest BCUT2D eigenvalue weighted by Crippen LogP contribution is -2.33. The van der Waals surface area contributed by atoms with Crippen LogP contribution >= 0.6 is 0 Å². The first-order valence-corrected chi connectivity index (χ1v) is 10.4. The average molecular weight is 329 g/mol. The minimum Gasteiger partial charge on any atom is -0.378 e. The summed E-state index contributed by atoms with van der Waals surface area (Å²) in [7, 11) is 6.54. The van der Waals surface area contributed by atoms with Crippen LogP contribution in [0.15, 0.2) is 0 Å². The quantitative estimate of drug-likeness (QED) is 0.289. The Balaban J connectivity index is 0.000000688. The monoisotopic (exact) mass is 328 g/mol. The zero-order valence-electron chi connectivity index (χ0n) is 17.0. The molecule has 1 saturated heterocycles. The molecule has 140 valence electrons. The van der Waals surface area contributed by atoms with Gasteiger partial charge in [-0.2, -0.15) is 0 Å². The van der Waals surface area contributed by atoms with E-state index < -0.39 is 0 Å². The Morgan fingerprint density at radius 2 is 1.13 bits per heavy atom. The molecule has 1 heterocycles. The number of hydrogen-bond donors (Lipinski definition) is 0. The first-order valence-electron chi connectivity index (χ1n) is 10.4. The van der Waals surface area contributed by atoms with Crippen molar-refractivity contribution in [3.05, 3.63) is 0 Å². The summed E-state index contributed by atoms with van der Waals surface area (Å²) in [4.78, 5) is 0. The minimum atomic E-state index is 0.633. The summed E-state index contributed by atoms with van der Waals surface area (Å²) >= 11 is 0. The fourth-order valence-corrected chi connectivity index (χ4v) is 2.55. The van der Waals surface area contributed by atoms with E-state index in [-0.39, 0.29) is 0 Å². The highest BCUT2D eigenvalue weighted by Gasteiger charge is 2.16. The Kier molecular flexibility index (Phi) is 15.4. The van der Waals surface area contributed by atoms with E-state index in [2.05, 4.69) is 35.0 Å². The van der Waals surface area contributed by atoms with E-state index in [9.17, 15) is 0 Å². The SMILES string of the molecule is CCCCCCCCCCCCCC1CCO1.CC[N+](C)(C)C. The molecule has 1 rings (SSSR count). The van der Waals surface area contributed by atoms with Crippen molar-refractivity contribution in [2.24, 2.45) is 0 Å². The van der Waals surface area contributed by atoms with Gasteiger partial charge >= 0.3 is 0 Å². The van der Waals surface area contributed by atoms with Crippen LogP contribution in [-0.2, 0) is 4.74 Å². The van der Waals surface area contributed by atoms with E-state index >= 15 is 0 Å². The van der Waals surface area contributed by atoms with Gasteiger partial charge in [-0.3, -0.25) is 0 Å². The van der Waals surface area contributed by atoms with E-state index in [4.69, 9.17) is 4.74 Å². The molecule has 0 N–H and O–H groups in total. The topological polar surface area (TPSA) is 9.23 Å². The standard InChI is InChI=1S/C16H32O.C5H14N/c1-2-3-4-5-6-7-8-9-10-11-12-13-16-14-15-17-16;1-5-6(2,3)4/h16H,2-15H2,1H3;5H2,1-4H3/q;+1. The Labute approximate surface area is 147 Å². The van der Waals surface area contributed by atoms with Gasteiger partial charge in [0.15, 0.2) is 0 Å². The molecule has 0 saturated carbocycles. The van der Waals surface area contributed by atoms with Gasteiger partial charge < -0.3 is 9.22 Å². The van der Waals surface area contributed by atoms with Crippen molar-refractivity contribution in [2.45, 2.75) is 103 Å². The third-order valence-electron chi connectivity index (χ3n) is 4.87. The van der Waals surface area contributed by atoms with E-state index in [1.807, 2.05) is 0 Å². The molecule has 1 atom stereocenters. The first kappa shape index (κ1) is 22.9. The van der Waals surface area contributed by atoms with Crippen LogP contribution in [0.4, 0.5) is 0 Å². The second kappa shape index (κ2) is 15.4. The third-order valence-corrected chi connectivity index (χ3v) is 4.87. The second-order valence-electron chi connectivity index (χ2n) is 8.21. The smallest absolute Gasteiger partial charge is 0.0751 e. The van der Waals surface area contributed by atoms with Crippen molar-refractivity contribution in [3.63, 3.8) is 0 Å². The fraction of sp³-hybridized carbons (Fsp3) is 1.00. The predicted octanol–water partition coefficient (Wildman–Crippen LogP) is 6.19. The summed E-state index contributed by atoms with van der Waals surface area (Å²) < 4.78 is 6.49. The molecule has 0 aromatic heterocycles. The van der Waals surface area contributed by atoms with Gasteiger partial charge in [-0.15, -0.1) is 0 Å². The summed E-state index contributed by atoms with van der Waals surface area (Å²) in [5, 5.41) is 0. The third kappa shape index (κ3) is 18.1. The molecule has 23 heavy (non-hydrogen) atoms. The molecular formula is C21H46NO+. The Morgan fingerprint density at radius 3 is 1.43 bits per heavy atom. The maximum Gasteiger partial charge on any atom is 0.0751 e. The van der Waals surface area contributed by atoms with Gasteiger partial charge in [-0.25, -0.2) is 0 Å². The summed E-state index contributed by atoms with van der Waals surface area (Å²) in [5.41, 5.74) is 0. The zero-order valence-corrected chi connectivity index (χ0v) is 17.0. The Bertz CT molecular complexity index is 230. The molecule has 1 fully saturated rings. The molecule has 0 aliphatic carbocycles. The molecule has 2 heteroatoms. The van der Waals surface area contributed by atoms with Crippen LogP contribution in [0, 0.1) is 0 Å². The first-order chi connectivity index (χ1) is 11.0. The highest BCUT2D eigenvalue weighted by atomic mass is 16.5. The molecule has 1 aliphatic heterocycles. The molecule has 0 amide bonds. The van der Waals surface area contributed by atoms with Crippen molar-refractivity contribution >= 4 is 0 Å². The van der Waals surface area contributed by atoms with Crippen LogP contribution in [0.25, 0.3) is 0 Å². The lowest BCUT2D eigenvalue weighted by Gasteiger charge is -2.26. The summed E-state index contributed by atoms with van der Waals surface area (Å²) in [6.45, 7) is 6.69. The van der Waals surface area contributed by atoms with Gasteiger partial charge in [-0.1, -0.05) is 77.6 Å². The molecule has 0 radical (unpaired) electrons. The van der Waals surface area contributed by atoms with Crippen LogP contribution in [0.5, 0.6) is 0 Å². The maximum absolute atomic E-state index is 5.42. The number of hydrogen-bond acceptors (Lipinski definition) is 1. The Hall–Kier alpha value is -0.0800. The predicted molar refractivity (Wildman–Crippen MR) is 104 cm³/mol. The molecule has 0 aromatic carbocycles. The van der Waals surface area contributed by atoms with E-state index in [1.165, 1.54) is 90.0 Å². The number of rotatable bonds is 13. The van der Waals surface area contributed by atoms with Gasteiger partial charge in [0.05, 0.1) is 33.8 Å². The molecule has 2 nitrogen and oxygen atoms in total. The van der Waals surface area contributed by atoms with Crippen molar-refractivity contribution < 1.29 is 9.22 Å². The molecule has 1 aliphatic rings. The van der Waals surface area contributed by atoms with E-state index in [0.717, 1.165) is 11.1 Å². The molecule has 1 unspecified atom stereocenters. The lowest BCUT2D eigenvalue weighted by atomic mass is 10.0. The van der Waals surface area contributed by atoms with Crippen molar-refractivity contribution in [2.75, 3.05) is 34.3 Å². The van der Waals surface area contributed by atoms with E-state index in [0.29, 0.717) is 6.10 Å². The van der Waals surface area contributed by atoms with Crippen LogP contribution < -0.4 is 0 Å². The van der Waals surface area contributed by atoms with Crippen LogP contribution in [0.3, 0.4) is 0 Å². The van der Waals surface area contributed by atoms with Crippen LogP contribution in [-0.4, -0.2) is 44.9 Å². The Morgan fingerprint density at radius 1 is 0.739 bits per heavy atom. The number of ether oxygens (including phenoxy) is 1. The largest absolute Gasteiger partial charge is 0.378 e. The number of quaternary nitrogens is 1. The van der Waals surface area contributed by atoms with Gasteiger partial charge in [0, 0.05) is 6.61 Å². The minimum absolute atomic E-state index is 0.633. The molecule has 0 bridgehead atoms. The van der Waals surface area contributed by atoms with Crippen LogP contribution in [0.1, 0.15) is 97.3 Å². The molecule has 0 aromatic rings. The van der Waals surface area contributed by atoms with Gasteiger partial charge in [0.2, 0.25) is 0 Å². The highest BCUT2D eigenvalue weighted by Crippen LogP contribution is 2.19. The summed E-state index contributed by atoms with van der Waals surface area (Å²) in [5.74, 6) is 0. The van der Waals surface area contributed by atoms with Gasteiger partial charge in [0.1, 0.15) is 0 Å². The van der Waals surface area contributed by atoms with Crippen molar-refractivity contribution in [3.8, 4) is 0 Å². The lowest BCUT2D eigenvalue weighted by molar-refractivity contribution is -0.868. The fourth-order valence-electron chi connectivity index (χ4n) is 2.55. The van der Waals surface area contributed by atoms with Gasteiger partial charge in [-0.05, 0) is 19.8 Å². The van der Waals surface area contributed by atoms with Crippen molar-refractivity contribution in [1.29, 1.82) is 0 Å². The van der Waals surface area contributed by atoms with E-state index in [1.54, 1.807) is 0 Å². The zero-order chi connectivity index (χ0) is 17.4.